The molecule has 192 valence electrons. The molecule has 0 saturated carbocycles. The summed E-state index contributed by atoms with van der Waals surface area (Å²) in [6.45, 7) is 1.62. The Morgan fingerprint density at radius 1 is 1.19 bits per heavy atom. The van der Waals surface area contributed by atoms with Gasteiger partial charge in [0.25, 0.3) is 0 Å². The minimum atomic E-state index is -3.62. The molecule has 36 heavy (non-hydrogen) atoms. The van der Waals surface area contributed by atoms with E-state index in [4.69, 9.17) is 4.74 Å². The molecule has 1 aromatic heterocycles. The molecule has 7 nitrogen and oxygen atoms in total. The van der Waals surface area contributed by atoms with Crippen LogP contribution >= 0.6 is 23.1 Å². The van der Waals surface area contributed by atoms with Crippen LogP contribution in [0, 0.1) is 11.7 Å². The number of fused-ring (bicyclic) bond motifs is 1. The fourth-order valence-electron chi connectivity index (χ4n) is 4.72. The van der Waals surface area contributed by atoms with E-state index in [0.29, 0.717) is 41.3 Å². The third-order valence-electron chi connectivity index (χ3n) is 6.75. The van der Waals surface area contributed by atoms with Gasteiger partial charge in [-0.2, -0.15) is 4.31 Å². The summed E-state index contributed by atoms with van der Waals surface area (Å²) in [7, 11) is -3.62. The molecule has 1 atom stereocenters. The average molecular weight is 550 g/mol. The number of nitrogens with zero attached hydrogens (tertiary/aromatic N) is 3. The number of sulfonamides is 1. The summed E-state index contributed by atoms with van der Waals surface area (Å²) in [5, 5.41) is 0.528. The fourth-order valence-corrected chi connectivity index (χ4v) is 7.60. The number of halogens is 1. The van der Waals surface area contributed by atoms with Gasteiger partial charge < -0.3 is 4.74 Å². The van der Waals surface area contributed by atoms with E-state index in [1.807, 2.05) is 6.26 Å². The second-order valence-corrected chi connectivity index (χ2v) is 12.9. The molecule has 1 unspecified atom stereocenters. The molecule has 3 aromatic rings. The highest BCUT2D eigenvalue weighted by atomic mass is 32.2. The van der Waals surface area contributed by atoms with E-state index in [9.17, 15) is 17.6 Å². The van der Waals surface area contributed by atoms with E-state index in [0.717, 1.165) is 17.7 Å². The second-order valence-electron chi connectivity index (χ2n) is 9.05. The van der Waals surface area contributed by atoms with Gasteiger partial charge in [-0.25, -0.2) is 17.8 Å². The maximum Gasteiger partial charge on any atom is 0.243 e. The first-order valence-corrected chi connectivity index (χ1v) is 15.5. The van der Waals surface area contributed by atoms with Gasteiger partial charge in [-0.1, -0.05) is 11.3 Å². The maximum absolute atomic E-state index is 13.7. The van der Waals surface area contributed by atoms with Gasteiger partial charge in [-0.05, 0) is 74.4 Å². The van der Waals surface area contributed by atoms with Gasteiger partial charge in [0.05, 0.1) is 27.8 Å². The van der Waals surface area contributed by atoms with E-state index in [2.05, 4.69) is 4.98 Å². The molecular formula is C25H28FN3O4S3. The minimum absolute atomic E-state index is 0.0672. The number of amides is 1. The molecule has 0 radical (unpaired) electrons. The van der Waals surface area contributed by atoms with Crippen molar-refractivity contribution in [2.45, 2.75) is 41.6 Å². The summed E-state index contributed by atoms with van der Waals surface area (Å²) in [6, 6.07) is 11.3. The Labute approximate surface area is 218 Å². The van der Waals surface area contributed by atoms with Crippen molar-refractivity contribution < 1.29 is 22.3 Å². The topological polar surface area (TPSA) is 79.8 Å². The number of piperidine rings is 1. The number of hydrogen-bond acceptors (Lipinski definition) is 7. The Morgan fingerprint density at radius 3 is 2.61 bits per heavy atom. The standard InChI is InChI=1S/C25H28FN3O4S3/c1-34-20-5-7-21(8-6-20)36(31,32)28-12-10-17(11-13-28)24(30)29(16-19-3-2-14-33-19)25-27-22-9-4-18(26)15-23(22)35-25/h4-9,15,17,19H,2-3,10-14,16H2,1H3. The average Bonchev–Trinajstić information content (AvgIpc) is 3.56. The molecule has 2 saturated heterocycles. The van der Waals surface area contributed by atoms with E-state index >= 15 is 0 Å². The summed E-state index contributed by atoms with van der Waals surface area (Å²) < 4.78 is 48.0. The zero-order valence-electron chi connectivity index (χ0n) is 19.9. The summed E-state index contributed by atoms with van der Waals surface area (Å²) in [5.41, 5.74) is 0.648. The van der Waals surface area contributed by atoms with Crippen LogP contribution < -0.4 is 4.90 Å². The van der Waals surface area contributed by atoms with Crippen molar-refractivity contribution in [1.82, 2.24) is 9.29 Å². The molecule has 5 rings (SSSR count). The van der Waals surface area contributed by atoms with Crippen molar-refractivity contribution in [2.24, 2.45) is 5.92 Å². The summed E-state index contributed by atoms with van der Waals surface area (Å²) in [4.78, 5) is 21.3. The lowest BCUT2D eigenvalue weighted by atomic mass is 9.96. The van der Waals surface area contributed by atoms with Crippen LogP contribution in [0.5, 0.6) is 0 Å². The smallest absolute Gasteiger partial charge is 0.243 e. The summed E-state index contributed by atoms with van der Waals surface area (Å²) in [6.07, 6.45) is 4.56. The Bertz CT molecular complexity index is 1330. The molecular weight excluding hydrogens is 521 g/mol. The lowest BCUT2D eigenvalue weighted by Crippen LogP contribution is -2.46. The second kappa shape index (κ2) is 10.7. The molecule has 0 bridgehead atoms. The van der Waals surface area contributed by atoms with Crippen LogP contribution in [-0.2, 0) is 19.6 Å². The normalized spacial score (nSPS) is 19.7. The van der Waals surface area contributed by atoms with Gasteiger partial charge in [0, 0.05) is 30.5 Å². The first-order chi connectivity index (χ1) is 17.3. The van der Waals surface area contributed by atoms with Crippen molar-refractivity contribution in [2.75, 3.05) is 37.4 Å². The van der Waals surface area contributed by atoms with Crippen molar-refractivity contribution in [3.8, 4) is 0 Å². The zero-order valence-corrected chi connectivity index (χ0v) is 22.4. The lowest BCUT2D eigenvalue weighted by Gasteiger charge is -2.33. The number of ether oxygens (including phenoxy) is 1. The van der Waals surface area contributed by atoms with E-state index in [-0.39, 0.29) is 41.7 Å². The fraction of sp³-hybridized carbons (Fsp3) is 0.440. The molecule has 11 heteroatoms. The molecule has 0 spiro atoms. The van der Waals surface area contributed by atoms with Crippen LogP contribution in [0.25, 0.3) is 10.2 Å². The van der Waals surface area contributed by atoms with E-state index < -0.39 is 10.0 Å². The number of carbonyl (C=O) groups excluding carboxylic acids is 1. The molecule has 3 heterocycles. The number of rotatable bonds is 7. The first kappa shape index (κ1) is 25.6. The third kappa shape index (κ3) is 5.31. The van der Waals surface area contributed by atoms with Crippen molar-refractivity contribution >= 4 is 54.4 Å². The number of carbonyl (C=O) groups is 1. The predicted octanol–water partition coefficient (Wildman–Crippen LogP) is 4.77. The van der Waals surface area contributed by atoms with Crippen LogP contribution in [0.2, 0.25) is 0 Å². The molecule has 2 aromatic carbocycles. The van der Waals surface area contributed by atoms with E-state index in [1.165, 1.54) is 27.8 Å². The zero-order chi connectivity index (χ0) is 25.3. The lowest BCUT2D eigenvalue weighted by molar-refractivity contribution is -0.123. The highest BCUT2D eigenvalue weighted by Gasteiger charge is 2.36. The number of hydrogen-bond donors (Lipinski definition) is 0. The largest absolute Gasteiger partial charge is 0.376 e. The SMILES string of the molecule is CSc1ccc(S(=O)(=O)N2CCC(C(=O)N(CC3CCCO3)c3nc4ccc(F)cc4s3)CC2)cc1. The summed E-state index contributed by atoms with van der Waals surface area (Å²) >= 11 is 2.85. The highest BCUT2D eigenvalue weighted by molar-refractivity contribution is 7.98. The van der Waals surface area contributed by atoms with Crippen molar-refractivity contribution in [1.29, 1.82) is 0 Å². The van der Waals surface area contributed by atoms with Crippen LogP contribution in [-0.4, -0.2) is 62.2 Å². The van der Waals surface area contributed by atoms with Crippen molar-refractivity contribution in [3.05, 3.63) is 48.3 Å². The Balaban J connectivity index is 1.32. The van der Waals surface area contributed by atoms with Crippen LogP contribution in [0.1, 0.15) is 25.7 Å². The first-order valence-electron chi connectivity index (χ1n) is 12.0. The van der Waals surface area contributed by atoms with E-state index in [1.54, 1.807) is 47.0 Å². The number of aromatic nitrogens is 1. The predicted molar refractivity (Wildman–Crippen MR) is 141 cm³/mol. The van der Waals surface area contributed by atoms with Gasteiger partial charge in [0.2, 0.25) is 15.9 Å². The highest BCUT2D eigenvalue weighted by Crippen LogP contribution is 2.33. The number of thioether (sulfide) groups is 1. The Kier molecular flexibility index (Phi) is 7.64. The van der Waals surface area contributed by atoms with Crippen LogP contribution in [0.15, 0.2) is 52.3 Å². The summed E-state index contributed by atoms with van der Waals surface area (Å²) in [5.74, 6) is -0.738. The molecule has 2 aliphatic heterocycles. The van der Waals surface area contributed by atoms with Crippen LogP contribution in [0.3, 0.4) is 0 Å². The van der Waals surface area contributed by atoms with Gasteiger partial charge in [-0.15, -0.1) is 11.8 Å². The monoisotopic (exact) mass is 549 g/mol. The maximum atomic E-state index is 13.7. The molecule has 1 amide bonds. The molecule has 2 aliphatic rings. The Hall–Kier alpha value is -2.05. The number of anilines is 1. The van der Waals surface area contributed by atoms with Gasteiger partial charge in [-0.3, -0.25) is 9.69 Å². The molecule has 0 aliphatic carbocycles. The minimum Gasteiger partial charge on any atom is -0.376 e. The Morgan fingerprint density at radius 2 is 1.94 bits per heavy atom. The molecule has 2 fully saturated rings. The van der Waals surface area contributed by atoms with Crippen molar-refractivity contribution in [3.63, 3.8) is 0 Å². The quantitative estimate of drug-likeness (QED) is 0.395. The molecule has 0 N–H and O–H groups in total. The number of benzene rings is 2. The number of thiazole rings is 1. The van der Waals surface area contributed by atoms with Crippen LogP contribution in [0.4, 0.5) is 9.52 Å². The van der Waals surface area contributed by atoms with Gasteiger partial charge >= 0.3 is 0 Å². The van der Waals surface area contributed by atoms with Gasteiger partial charge in [0.1, 0.15) is 5.82 Å². The van der Waals surface area contributed by atoms with Gasteiger partial charge in [0.15, 0.2) is 5.13 Å². The third-order valence-corrected chi connectivity index (χ3v) is 10.4.